The van der Waals surface area contributed by atoms with Crippen molar-refractivity contribution in [2.75, 3.05) is 26.2 Å². The first-order chi connectivity index (χ1) is 14.7. The lowest BCUT2D eigenvalue weighted by molar-refractivity contribution is -0.114. The largest absolute Gasteiger partial charge is 0.493 e. The number of hydrogen-bond donors (Lipinski definition) is 0. The van der Waals surface area contributed by atoms with Crippen LogP contribution < -0.4 is 19.1 Å². The van der Waals surface area contributed by atoms with Gasteiger partial charge < -0.3 is 19.1 Å². The summed E-state index contributed by atoms with van der Waals surface area (Å²) in [5.41, 5.74) is 2.65. The Hall–Kier alpha value is -3.73. The molecule has 0 unspecified atom stereocenters. The second kappa shape index (κ2) is 10.2. The first kappa shape index (κ1) is 21.0. The van der Waals surface area contributed by atoms with Crippen molar-refractivity contribution >= 4 is 17.7 Å². The summed E-state index contributed by atoms with van der Waals surface area (Å²) in [4.78, 5) is 14.8. The molecule has 1 amide bonds. The van der Waals surface area contributed by atoms with Gasteiger partial charge in [0.25, 0.3) is 5.91 Å². The van der Waals surface area contributed by atoms with Gasteiger partial charge >= 0.3 is 0 Å². The monoisotopic (exact) mass is 403 g/mol. The summed E-state index contributed by atoms with van der Waals surface area (Å²) in [6, 6.07) is 23.1. The van der Waals surface area contributed by atoms with E-state index >= 15 is 0 Å². The standard InChI is InChI=1S/C25H25NO4/c1-28-22-16-20(17-23(29-2)25(22)30-3)14-15-24(27)26(21-12-8-5-9-13-21)18-19-10-6-4-7-11-19/h4-17H,18H2,1-3H3/b15-14+. The van der Waals surface area contributed by atoms with Crippen LogP contribution in [0.15, 0.2) is 78.9 Å². The Labute approximate surface area is 177 Å². The quantitative estimate of drug-likeness (QED) is 0.499. The molecule has 0 bridgehead atoms. The van der Waals surface area contributed by atoms with E-state index in [1.165, 1.54) is 0 Å². The Kier molecular flexibility index (Phi) is 7.11. The average Bonchev–Trinajstić information content (AvgIpc) is 2.81. The van der Waals surface area contributed by atoms with Crippen LogP contribution in [0.5, 0.6) is 17.2 Å². The molecule has 5 nitrogen and oxygen atoms in total. The van der Waals surface area contributed by atoms with Gasteiger partial charge in [-0.1, -0.05) is 48.5 Å². The van der Waals surface area contributed by atoms with Crippen molar-refractivity contribution in [3.05, 3.63) is 90.0 Å². The van der Waals surface area contributed by atoms with Gasteiger partial charge in [-0.15, -0.1) is 0 Å². The fourth-order valence-corrected chi connectivity index (χ4v) is 3.13. The molecule has 0 fully saturated rings. The van der Waals surface area contributed by atoms with E-state index in [0.29, 0.717) is 23.8 Å². The molecule has 0 aliphatic carbocycles. The van der Waals surface area contributed by atoms with Crippen LogP contribution in [0.4, 0.5) is 5.69 Å². The van der Waals surface area contributed by atoms with Crippen molar-refractivity contribution in [3.8, 4) is 17.2 Å². The van der Waals surface area contributed by atoms with Crippen molar-refractivity contribution in [2.45, 2.75) is 6.54 Å². The van der Waals surface area contributed by atoms with E-state index in [2.05, 4.69) is 0 Å². The summed E-state index contributed by atoms with van der Waals surface area (Å²) >= 11 is 0. The topological polar surface area (TPSA) is 48.0 Å². The highest BCUT2D eigenvalue weighted by atomic mass is 16.5. The maximum atomic E-state index is 13.1. The molecule has 3 rings (SSSR count). The number of amides is 1. The third kappa shape index (κ3) is 5.00. The molecule has 0 spiro atoms. The maximum Gasteiger partial charge on any atom is 0.251 e. The maximum absolute atomic E-state index is 13.1. The fraction of sp³-hybridized carbons (Fsp3) is 0.160. The second-order valence-corrected chi connectivity index (χ2v) is 6.54. The molecular weight excluding hydrogens is 378 g/mol. The van der Waals surface area contributed by atoms with Crippen LogP contribution in [0.1, 0.15) is 11.1 Å². The minimum Gasteiger partial charge on any atom is -0.493 e. The number of methoxy groups -OCH3 is 3. The van der Waals surface area contributed by atoms with Gasteiger partial charge in [-0.2, -0.15) is 0 Å². The van der Waals surface area contributed by atoms with E-state index in [1.54, 1.807) is 50.5 Å². The van der Waals surface area contributed by atoms with E-state index in [0.717, 1.165) is 16.8 Å². The molecule has 5 heteroatoms. The molecule has 0 radical (unpaired) electrons. The fourth-order valence-electron chi connectivity index (χ4n) is 3.13. The number of rotatable bonds is 8. The second-order valence-electron chi connectivity index (χ2n) is 6.54. The van der Waals surface area contributed by atoms with Gasteiger partial charge in [-0.25, -0.2) is 0 Å². The zero-order chi connectivity index (χ0) is 21.3. The van der Waals surface area contributed by atoms with Gasteiger partial charge in [0.2, 0.25) is 5.75 Å². The number of benzene rings is 3. The Balaban J connectivity index is 1.89. The summed E-state index contributed by atoms with van der Waals surface area (Å²) in [5.74, 6) is 1.46. The number of anilines is 1. The number of carbonyl (C=O) groups is 1. The first-order valence-electron chi connectivity index (χ1n) is 9.54. The predicted molar refractivity (Wildman–Crippen MR) is 119 cm³/mol. The molecule has 3 aromatic carbocycles. The lowest BCUT2D eigenvalue weighted by Gasteiger charge is -2.21. The van der Waals surface area contributed by atoms with Gasteiger partial charge in [-0.3, -0.25) is 4.79 Å². The highest BCUT2D eigenvalue weighted by Crippen LogP contribution is 2.38. The number of hydrogen-bond acceptors (Lipinski definition) is 4. The molecule has 0 N–H and O–H groups in total. The van der Waals surface area contributed by atoms with Gasteiger partial charge in [0.15, 0.2) is 11.5 Å². The molecule has 0 aliphatic heterocycles. The van der Waals surface area contributed by atoms with Crippen LogP contribution >= 0.6 is 0 Å². The number of ether oxygens (including phenoxy) is 3. The molecule has 154 valence electrons. The van der Waals surface area contributed by atoms with Crippen LogP contribution in [-0.4, -0.2) is 27.2 Å². The average molecular weight is 403 g/mol. The van der Waals surface area contributed by atoms with Crippen LogP contribution in [0.3, 0.4) is 0 Å². The normalized spacial score (nSPS) is 10.6. The Bertz CT molecular complexity index is 975. The lowest BCUT2D eigenvalue weighted by atomic mass is 10.1. The SMILES string of the molecule is COc1cc(/C=C/C(=O)N(Cc2ccccc2)c2ccccc2)cc(OC)c1OC. The van der Waals surface area contributed by atoms with Crippen molar-refractivity contribution in [1.29, 1.82) is 0 Å². The van der Waals surface area contributed by atoms with E-state index in [4.69, 9.17) is 14.2 Å². The molecule has 0 aliphatic rings. The van der Waals surface area contributed by atoms with E-state index in [-0.39, 0.29) is 5.91 Å². The molecule has 0 saturated heterocycles. The first-order valence-corrected chi connectivity index (χ1v) is 9.54. The Morgan fingerprint density at radius 1 is 0.833 bits per heavy atom. The van der Waals surface area contributed by atoms with Crippen molar-refractivity contribution in [3.63, 3.8) is 0 Å². The highest BCUT2D eigenvalue weighted by Gasteiger charge is 2.15. The van der Waals surface area contributed by atoms with Crippen LogP contribution in [0.2, 0.25) is 0 Å². The highest BCUT2D eigenvalue weighted by molar-refractivity contribution is 6.03. The number of carbonyl (C=O) groups excluding carboxylic acids is 1. The molecule has 0 atom stereocenters. The lowest BCUT2D eigenvalue weighted by Crippen LogP contribution is -2.28. The van der Waals surface area contributed by atoms with E-state index in [9.17, 15) is 4.79 Å². The minimum absolute atomic E-state index is 0.126. The molecule has 3 aromatic rings. The summed E-state index contributed by atoms with van der Waals surface area (Å²) in [6.07, 6.45) is 3.30. The Morgan fingerprint density at radius 2 is 1.40 bits per heavy atom. The van der Waals surface area contributed by atoms with Gasteiger partial charge in [0, 0.05) is 11.8 Å². The molecule has 0 aromatic heterocycles. The van der Waals surface area contributed by atoms with Crippen molar-refractivity contribution in [2.24, 2.45) is 0 Å². The zero-order valence-corrected chi connectivity index (χ0v) is 17.4. The Morgan fingerprint density at radius 3 is 1.93 bits per heavy atom. The summed E-state index contributed by atoms with van der Waals surface area (Å²) in [6.45, 7) is 0.475. The third-order valence-corrected chi connectivity index (χ3v) is 4.62. The molecule has 0 heterocycles. The summed E-state index contributed by atoms with van der Waals surface area (Å²) < 4.78 is 16.1. The minimum atomic E-state index is -0.126. The molecule has 0 saturated carbocycles. The van der Waals surface area contributed by atoms with Crippen LogP contribution in [0, 0.1) is 0 Å². The van der Waals surface area contributed by atoms with Crippen LogP contribution in [0.25, 0.3) is 6.08 Å². The van der Waals surface area contributed by atoms with E-state index in [1.807, 2.05) is 60.7 Å². The number of nitrogens with zero attached hydrogens (tertiary/aromatic N) is 1. The number of para-hydroxylation sites is 1. The van der Waals surface area contributed by atoms with Crippen molar-refractivity contribution < 1.29 is 19.0 Å². The summed E-state index contributed by atoms with van der Waals surface area (Å²) in [7, 11) is 4.68. The van der Waals surface area contributed by atoms with Crippen LogP contribution in [-0.2, 0) is 11.3 Å². The molecular formula is C25H25NO4. The zero-order valence-electron chi connectivity index (χ0n) is 17.4. The van der Waals surface area contributed by atoms with Crippen molar-refractivity contribution in [1.82, 2.24) is 0 Å². The molecule has 30 heavy (non-hydrogen) atoms. The van der Waals surface area contributed by atoms with Gasteiger partial charge in [0.1, 0.15) is 0 Å². The third-order valence-electron chi connectivity index (χ3n) is 4.62. The van der Waals surface area contributed by atoms with Gasteiger partial charge in [0.05, 0.1) is 27.9 Å². The summed E-state index contributed by atoms with van der Waals surface area (Å²) in [5, 5.41) is 0. The smallest absolute Gasteiger partial charge is 0.251 e. The van der Waals surface area contributed by atoms with E-state index < -0.39 is 0 Å². The predicted octanol–water partition coefficient (Wildman–Crippen LogP) is 4.96. The van der Waals surface area contributed by atoms with Gasteiger partial charge in [-0.05, 0) is 41.5 Å².